The van der Waals surface area contributed by atoms with Crippen molar-refractivity contribution in [3.8, 4) is 22.3 Å². The molecule has 3 nitrogen and oxygen atoms in total. The third-order valence-corrected chi connectivity index (χ3v) is 15.6. The zero-order valence-electron chi connectivity index (χ0n) is 32.4. The van der Waals surface area contributed by atoms with Crippen molar-refractivity contribution in [2.75, 3.05) is 9.80 Å². The highest BCUT2D eigenvalue weighted by Gasteiger charge is 2.36. The summed E-state index contributed by atoms with van der Waals surface area (Å²) in [5.41, 5.74) is 13.6. The zero-order valence-corrected chi connectivity index (χ0v) is 33.4. The van der Waals surface area contributed by atoms with Crippen LogP contribution in [0.1, 0.15) is 0 Å². The van der Waals surface area contributed by atoms with E-state index in [0.717, 1.165) is 56.1 Å². The summed E-state index contributed by atoms with van der Waals surface area (Å²) in [5, 5.41) is 7.88. The fraction of sp³-hybridized carbons (Fsp3) is 0.0370. The van der Waals surface area contributed by atoms with E-state index in [9.17, 15) is 0 Å². The van der Waals surface area contributed by atoms with Gasteiger partial charge in [0, 0.05) is 39.2 Å². The lowest BCUT2D eigenvalue weighted by atomic mass is 9.91. The van der Waals surface area contributed by atoms with E-state index in [2.05, 4.69) is 223 Å². The van der Waals surface area contributed by atoms with Crippen molar-refractivity contribution < 1.29 is 4.42 Å². The van der Waals surface area contributed by atoms with Gasteiger partial charge in [0.2, 0.25) is 0 Å². The predicted octanol–water partition coefficient (Wildman–Crippen LogP) is 14.1. The van der Waals surface area contributed by atoms with Crippen molar-refractivity contribution >= 4 is 85.3 Å². The summed E-state index contributed by atoms with van der Waals surface area (Å²) < 4.78 is 6.62. The number of para-hydroxylation sites is 5. The van der Waals surface area contributed by atoms with Gasteiger partial charge in [0.15, 0.2) is 5.58 Å². The highest BCUT2D eigenvalue weighted by molar-refractivity contribution is 7.03. The average molecular weight is 761 g/mol. The SMILES string of the molecule is C[Si]1(C)c2cc(N(c3ccccc3)c3cccc4c3oc3ccccc34)ccc2-c2ccc(-c3ccc(N(c4ccccc4)c4ccccc4)cc3)c3cccc1c23. The molecule has 0 fully saturated rings. The fourth-order valence-corrected chi connectivity index (χ4v) is 12.4. The molecule has 2 heterocycles. The Balaban J connectivity index is 1.03. The molecular formula is C54H40N2OSi. The maximum atomic E-state index is 6.62. The molecule has 10 aromatic rings. The number of anilines is 6. The molecule has 1 aliphatic heterocycles. The molecular weight excluding hydrogens is 721 g/mol. The number of rotatable bonds is 7. The average Bonchev–Trinajstić information content (AvgIpc) is 3.67. The van der Waals surface area contributed by atoms with Gasteiger partial charge in [0.1, 0.15) is 13.7 Å². The Bertz CT molecular complexity index is 3100. The number of hydrogen-bond acceptors (Lipinski definition) is 3. The second-order valence-electron chi connectivity index (χ2n) is 15.7. The molecule has 0 amide bonds. The highest BCUT2D eigenvalue weighted by Crippen LogP contribution is 2.45. The summed E-state index contributed by atoms with van der Waals surface area (Å²) >= 11 is 0. The first-order valence-electron chi connectivity index (χ1n) is 20.0. The van der Waals surface area contributed by atoms with Gasteiger partial charge in [-0.05, 0) is 116 Å². The Morgan fingerprint density at radius 1 is 0.379 bits per heavy atom. The Morgan fingerprint density at radius 3 is 1.62 bits per heavy atom. The van der Waals surface area contributed by atoms with E-state index in [1.54, 1.807) is 0 Å². The van der Waals surface area contributed by atoms with E-state index in [4.69, 9.17) is 4.42 Å². The molecule has 0 radical (unpaired) electrons. The van der Waals surface area contributed by atoms with Crippen LogP contribution in [0.5, 0.6) is 0 Å². The largest absolute Gasteiger partial charge is 0.454 e. The van der Waals surface area contributed by atoms with Crippen LogP contribution in [0.4, 0.5) is 34.1 Å². The summed E-state index contributed by atoms with van der Waals surface area (Å²) in [7, 11) is -2.20. The van der Waals surface area contributed by atoms with Gasteiger partial charge in [-0.1, -0.05) is 147 Å². The maximum Gasteiger partial charge on any atom is 0.159 e. The number of hydrogen-bond donors (Lipinski definition) is 0. The van der Waals surface area contributed by atoms with Gasteiger partial charge in [-0.25, -0.2) is 0 Å². The molecule has 0 N–H and O–H groups in total. The predicted molar refractivity (Wildman–Crippen MR) is 248 cm³/mol. The molecule has 0 bridgehead atoms. The smallest absolute Gasteiger partial charge is 0.159 e. The molecule has 4 heteroatoms. The van der Waals surface area contributed by atoms with Crippen LogP contribution in [0.25, 0.3) is 55.0 Å². The van der Waals surface area contributed by atoms with E-state index < -0.39 is 8.07 Å². The van der Waals surface area contributed by atoms with E-state index >= 15 is 0 Å². The summed E-state index contributed by atoms with van der Waals surface area (Å²) in [4.78, 5) is 4.69. The van der Waals surface area contributed by atoms with Crippen LogP contribution in [-0.4, -0.2) is 8.07 Å². The topological polar surface area (TPSA) is 19.6 Å². The van der Waals surface area contributed by atoms with Crippen LogP contribution in [0, 0.1) is 0 Å². The lowest BCUT2D eigenvalue weighted by Crippen LogP contribution is -2.56. The third-order valence-electron chi connectivity index (χ3n) is 12.0. The van der Waals surface area contributed by atoms with Crippen molar-refractivity contribution in [2.24, 2.45) is 0 Å². The van der Waals surface area contributed by atoms with Crippen LogP contribution >= 0.6 is 0 Å². The molecule has 0 saturated heterocycles. The first-order valence-corrected chi connectivity index (χ1v) is 23.0. The molecule has 0 atom stereocenters. The van der Waals surface area contributed by atoms with E-state index in [-0.39, 0.29) is 0 Å². The lowest BCUT2D eigenvalue weighted by Gasteiger charge is -2.35. The van der Waals surface area contributed by atoms with Crippen LogP contribution < -0.4 is 20.2 Å². The van der Waals surface area contributed by atoms with Crippen LogP contribution in [0.15, 0.2) is 211 Å². The molecule has 0 saturated carbocycles. The molecule has 0 aliphatic carbocycles. The quantitative estimate of drug-likeness (QED) is 0.151. The third kappa shape index (κ3) is 5.41. The second-order valence-corrected chi connectivity index (χ2v) is 20.0. The van der Waals surface area contributed by atoms with Gasteiger partial charge in [-0.3, -0.25) is 0 Å². The summed E-state index contributed by atoms with van der Waals surface area (Å²) in [6.07, 6.45) is 0. The number of fused-ring (bicyclic) bond motifs is 5. The zero-order chi connectivity index (χ0) is 38.8. The lowest BCUT2D eigenvalue weighted by molar-refractivity contribution is 0.669. The van der Waals surface area contributed by atoms with Crippen LogP contribution in [0.3, 0.4) is 0 Å². The normalized spacial score (nSPS) is 12.8. The molecule has 1 aromatic heterocycles. The Kier molecular flexibility index (Phi) is 7.95. The minimum absolute atomic E-state index is 0.894. The van der Waals surface area contributed by atoms with Crippen molar-refractivity contribution in [3.05, 3.63) is 206 Å². The molecule has 9 aromatic carbocycles. The summed E-state index contributed by atoms with van der Waals surface area (Å²) in [5.74, 6) is 0. The molecule has 58 heavy (non-hydrogen) atoms. The molecule has 276 valence electrons. The maximum absolute atomic E-state index is 6.62. The van der Waals surface area contributed by atoms with E-state index in [1.165, 1.54) is 43.4 Å². The van der Waals surface area contributed by atoms with Crippen LogP contribution in [-0.2, 0) is 0 Å². The van der Waals surface area contributed by atoms with Crippen LogP contribution in [0.2, 0.25) is 13.1 Å². The van der Waals surface area contributed by atoms with Gasteiger partial charge in [-0.2, -0.15) is 0 Å². The van der Waals surface area contributed by atoms with Crippen molar-refractivity contribution in [1.82, 2.24) is 0 Å². The van der Waals surface area contributed by atoms with Gasteiger partial charge in [0.25, 0.3) is 0 Å². The van der Waals surface area contributed by atoms with Gasteiger partial charge in [0.05, 0.1) is 5.69 Å². The van der Waals surface area contributed by atoms with Crippen molar-refractivity contribution in [1.29, 1.82) is 0 Å². The Hall–Kier alpha value is -7.14. The molecule has 0 unspecified atom stereocenters. The second kappa shape index (κ2) is 13.5. The summed E-state index contributed by atoms with van der Waals surface area (Å²) in [6.45, 7) is 5.03. The molecule has 1 aliphatic rings. The van der Waals surface area contributed by atoms with E-state index in [0.29, 0.717) is 0 Å². The van der Waals surface area contributed by atoms with E-state index in [1.807, 2.05) is 6.07 Å². The van der Waals surface area contributed by atoms with Crippen molar-refractivity contribution in [2.45, 2.75) is 13.1 Å². The minimum Gasteiger partial charge on any atom is -0.454 e. The summed E-state index contributed by atoms with van der Waals surface area (Å²) in [6, 6.07) is 74.6. The number of benzene rings is 9. The number of nitrogens with zero attached hydrogens (tertiary/aromatic N) is 2. The standard InChI is InChI=1S/C54H40N2OSi/c1-58(2)51-27-15-23-46-43(37-28-30-41(31-29-37)55(38-16-6-3-7-17-38)39-18-8-4-9-19-39)34-35-47(53(46)51)45-33-32-42(36-52(45)58)56(40-20-10-5-11-21-40)49-25-14-24-48-44-22-12-13-26-50(44)57-54(48)49/h3-36H,1-2H3. The van der Waals surface area contributed by atoms with Gasteiger partial charge < -0.3 is 14.2 Å². The Morgan fingerprint density at radius 2 is 0.914 bits per heavy atom. The first kappa shape index (κ1) is 34.1. The van der Waals surface area contributed by atoms with Gasteiger partial charge >= 0.3 is 0 Å². The van der Waals surface area contributed by atoms with Crippen molar-refractivity contribution in [3.63, 3.8) is 0 Å². The fourth-order valence-electron chi connectivity index (χ4n) is 9.28. The highest BCUT2D eigenvalue weighted by atomic mass is 28.3. The molecule has 11 rings (SSSR count). The van der Waals surface area contributed by atoms with Gasteiger partial charge in [-0.15, -0.1) is 0 Å². The number of furan rings is 1. The minimum atomic E-state index is -2.20. The Labute approximate surface area is 339 Å². The monoisotopic (exact) mass is 760 g/mol. The molecule has 0 spiro atoms. The first-order chi connectivity index (χ1) is 28.5.